The molecule has 3 rings (SSSR count). The summed E-state index contributed by atoms with van der Waals surface area (Å²) in [5.41, 5.74) is 10.2. The van der Waals surface area contributed by atoms with E-state index in [1.54, 1.807) is 5.57 Å². The first-order valence-electron chi connectivity index (χ1n) is 8.45. The van der Waals surface area contributed by atoms with Crippen LogP contribution in [-0.4, -0.2) is 16.5 Å². The lowest BCUT2D eigenvalue weighted by Crippen LogP contribution is -2.08. The van der Waals surface area contributed by atoms with Gasteiger partial charge in [-0.05, 0) is 50.7 Å². The molecule has 1 aliphatic carbocycles. The van der Waals surface area contributed by atoms with E-state index in [2.05, 4.69) is 21.4 Å². The third-order valence-electron chi connectivity index (χ3n) is 4.42. The monoisotopic (exact) mass is 342 g/mol. The second kappa shape index (κ2) is 7.67. The molecule has 1 aromatic carbocycles. The molecule has 0 saturated heterocycles. The predicted molar refractivity (Wildman–Crippen MR) is 101 cm³/mol. The Morgan fingerprint density at radius 3 is 2.92 bits per heavy atom. The molecular formula is C19H23ClN4. The number of nitrogens with two attached hydrogens (primary N) is 1. The van der Waals surface area contributed by atoms with E-state index in [0.717, 1.165) is 40.6 Å². The van der Waals surface area contributed by atoms with Crippen molar-refractivity contribution in [3.63, 3.8) is 0 Å². The molecule has 0 fully saturated rings. The van der Waals surface area contributed by atoms with Gasteiger partial charge in [-0.25, -0.2) is 4.98 Å². The van der Waals surface area contributed by atoms with Crippen LogP contribution >= 0.6 is 11.6 Å². The van der Waals surface area contributed by atoms with Crippen LogP contribution in [0.4, 0.5) is 11.8 Å². The van der Waals surface area contributed by atoms with E-state index in [1.807, 2.05) is 31.2 Å². The number of hydrogen-bond donors (Lipinski definition) is 2. The summed E-state index contributed by atoms with van der Waals surface area (Å²) in [4.78, 5) is 8.66. The van der Waals surface area contributed by atoms with Gasteiger partial charge in [-0.2, -0.15) is 4.98 Å². The minimum Gasteiger partial charge on any atom is -0.370 e. The molecular weight excluding hydrogens is 320 g/mol. The lowest BCUT2D eigenvalue weighted by atomic mass is 9.97. The van der Waals surface area contributed by atoms with Crippen molar-refractivity contribution >= 4 is 23.4 Å². The highest BCUT2D eigenvalue weighted by atomic mass is 35.5. The first-order chi connectivity index (χ1) is 11.6. The van der Waals surface area contributed by atoms with E-state index >= 15 is 0 Å². The summed E-state index contributed by atoms with van der Waals surface area (Å²) in [5.74, 6) is 1.03. The topological polar surface area (TPSA) is 63.8 Å². The molecule has 0 unspecified atom stereocenters. The van der Waals surface area contributed by atoms with Crippen LogP contribution in [0, 0.1) is 6.92 Å². The van der Waals surface area contributed by atoms with Crippen LogP contribution in [0.25, 0.3) is 11.3 Å². The average Bonchev–Trinajstić information content (AvgIpc) is 2.58. The maximum Gasteiger partial charge on any atom is 0.222 e. The van der Waals surface area contributed by atoms with Gasteiger partial charge in [-0.1, -0.05) is 35.4 Å². The van der Waals surface area contributed by atoms with Crippen LogP contribution < -0.4 is 11.1 Å². The fraction of sp³-hybridized carbons (Fsp3) is 0.368. The number of rotatable bonds is 5. The van der Waals surface area contributed by atoms with Gasteiger partial charge in [0.1, 0.15) is 5.82 Å². The number of halogens is 1. The maximum atomic E-state index is 6.22. The van der Waals surface area contributed by atoms with Gasteiger partial charge >= 0.3 is 0 Å². The molecule has 2 aromatic rings. The number of nitrogens with one attached hydrogen (secondary N) is 1. The van der Waals surface area contributed by atoms with Gasteiger partial charge in [0.15, 0.2) is 0 Å². The Kier molecular flexibility index (Phi) is 5.36. The van der Waals surface area contributed by atoms with E-state index in [9.17, 15) is 0 Å². The zero-order valence-corrected chi connectivity index (χ0v) is 14.7. The van der Waals surface area contributed by atoms with E-state index in [0.29, 0.717) is 0 Å². The number of hydrogen-bond acceptors (Lipinski definition) is 4. The van der Waals surface area contributed by atoms with E-state index < -0.39 is 0 Å². The third kappa shape index (κ3) is 4.06. The van der Waals surface area contributed by atoms with E-state index in [-0.39, 0.29) is 5.95 Å². The Morgan fingerprint density at radius 2 is 2.12 bits per heavy atom. The molecule has 0 saturated carbocycles. The van der Waals surface area contributed by atoms with Crippen LogP contribution in [0.5, 0.6) is 0 Å². The first-order valence-corrected chi connectivity index (χ1v) is 8.83. The molecule has 24 heavy (non-hydrogen) atoms. The van der Waals surface area contributed by atoms with Crippen molar-refractivity contribution in [3.8, 4) is 11.3 Å². The zero-order chi connectivity index (χ0) is 16.9. The maximum absolute atomic E-state index is 6.22. The quantitative estimate of drug-likeness (QED) is 0.751. The third-order valence-corrected chi connectivity index (χ3v) is 4.83. The molecule has 0 amide bonds. The molecule has 3 N–H and O–H groups in total. The lowest BCUT2D eigenvalue weighted by molar-refractivity contribution is 0.679. The van der Waals surface area contributed by atoms with Crippen molar-refractivity contribution in [2.45, 2.75) is 39.0 Å². The summed E-state index contributed by atoms with van der Waals surface area (Å²) in [6, 6.07) is 7.73. The number of benzene rings is 1. The highest BCUT2D eigenvalue weighted by Crippen LogP contribution is 2.28. The number of nitrogen functional groups attached to an aromatic ring is 1. The Hall–Kier alpha value is -2.07. The van der Waals surface area contributed by atoms with Crippen LogP contribution in [0.3, 0.4) is 0 Å². The minimum absolute atomic E-state index is 0.270. The second-order valence-corrected chi connectivity index (χ2v) is 6.60. The Balaban J connectivity index is 1.74. The highest BCUT2D eigenvalue weighted by Gasteiger charge is 2.10. The fourth-order valence-electron chi connectivity index (χ4n) is 3.06. The molecule has 0 bridgehead atoms. The molecule has 126 valence electrons. The molecule has 0 spiro atoms. The summed E-state index contributed by atoms with van der Waals surface area (Å²) >= 11 is 6.22. The summed E-state index contributed by atoms with van der Waals surface area (Å²) in [5, 5.41) is 4.10. The molecule has 4 nitrogen and oxygen atoms in total. The van der Waals surface area contributed by atoms with Gasteiger partial charge in [0.05, 0.1) is 5.69 Å². The van der Waals surface area contributed by atoms with Crippen molar-refractivity contribution in [3.05, 3.63) is 46.5 Å². The molecule has 0 atom stereocenters. The number of nitrogens with zero attached hydrogens (tertiary/aromatic N) is 2. The Morgan fingerprint density at radius 1 is 1.25 bits per heavy atom. The van der Waals surface area contributed by atoms with Crippen LogP contribution in [0.15, 0.2) is 35.9 Å². The molecule has 1 aromatic heterocycles. The SMILES string of the molecule is Cc1c(Cl)cccc1-c1cc(NCCC2=CCCCC2)nc(N)n1. The van der Waals surface area contributed by atoms with Gasteiger partial charge in [-0.15, -0.1) is 0 Å². The Labute approximate surface area is 148 Å². The smallest absolute Gasteiger partial charge is 0.222 e. The van der Waals surface area contributed by atoms with Gasteiger partial charge < -0.3 is 11.1 Å². The van der Waals surface area contributed by atoms with E-state index in [1.165, 1.54) is 25.7 Å². The van der Waals surface area contributed by atoms with Crippen molar-refractivity contribution in [2.75, 3.05) is 17.6 Å². The predicted octanol–water partition coefficient (Wildman–Crippen LogP) is 4.99. The number of allylic oxidation sites excluding steroid dienone is 1. The zero-order valence-electron chi connectivity index (χ0n) is 14.0. The van der Waals surface area contributed by atoms with Gasteiger partial charge in [-0.3, -0.25) is 0 Å². The fourth-order valence-corrected chi connectivity index (χ4v) is 3.24. The number of anilines is 2. The van der Waals surface area contributed by atoms with Gasteiger partial charge in [0.2, 0.25) is 5.95 Å². The van der Waals surface area contributed by atoms with Crippen LogP contribution in [0.2, 0.25) is 5.02 Å². The van der Waals surface area contributed by atoms with Crippen LogP contribution in [-0.2, 0) is 0 Å². The molecule has 0 aliphatic heterocycles. The summed E-state index contributed by atoms with van der Waals surface area (Å²) in [6.07, 6.45) is 8.50. The summed E-state index contributed by atoms with van der Waals surface area (Å²) < 4.78 is 0. The standard InChI is InChI=1S/C19H23ClN4/c1-13-15(8-5-9-16(13)20)17-12-18(24-19(21)23-17)22-11-10-14-6-3-2-4-7-14/h5-6,8-9,12H,2-4,7,10-11H2,1H3,(H3,21,22,23,24). The van der Waals surface area contributed by atoms with Crippen molar-refractivity contribution < 1.29 is 0 Å². The molecule has 5 heteroatoms. The lowest BCUT2D eigenvalue weighted by Gasteiger charge is -2.14. The van der Waals surface area contributed by atoms with Crippen molar-refractivity contribution in [2.24, 2.45) is 0 Å². The normalized spacial score (nSPS) is 14.3. The number of aromatic nitrogens is 2. The average molecular weight is 343 g/mol. The minimum atomic E-state index is 0.270. The van der Waals surface area contributed by atoms with Gasteiger partial charge in [0.25, 0.3) is 0 Å². The summed E-state index contributed by atoms with van der Waals surface area (Å²) in [7, 11) is 0. The van der Waals surface area contributed by atoms with Crippen molar-refractivity contribution in [1.29, 1.82) is 0 Å². The second-order valence-electron chi connectivity index (χ2n) is 6.19. The van der Waals surface area contributed by atoms with Gasteiger partial charge in [0, 0.05) is 23.2 Å². The van der Waals surface area contributed by atoms with E-state index in [4.69, 9.17) is 17.3 Å². The largest absolute Gasteiger partial charge is 0.370 e. The molecule has 0 radical (unpaired) electrons. The molecule has 1 aliphatic rings. The molecule has 1 heterocycles. The summed E-state index contributed by atoms with van der Waals surface area (Å²) in [6.45, 7) is 2.84. The Bertz CT molecular complexity index is 755. The van der Waals surface area contributed by atoms with Crippen molar-refractivity contribution in [1.82, 2.24) is 9.97 Å². The highest BCUT2D eigenvalue weighted by molar-refractivity contribution is 6.31. The van der Waals surface area contributed by atoms with Crippen LogP contribution in [0.1, 0.15) is 37.7 Å². The first kappa shape index (κ1) is 16.8.